The summed E-state index contributed by atoms with van der Waals surface area (Å²) in [5.74, 6) is 0. The van der Waals surface area contributed by atoms with Gasteiger partial charge >= 0.3 is 0 Å². The fourth-order valence-electron chi connectivity index (χ4n) is 22.0. The average Bonchev–Trinajstić information content (AvgIpc) is 0.956. The van der Waals surface area contributed by atoms with Crippen LogP contribution >= 0.6 is 0 Å². The molecular weight excluding hydrogens is 1800 g/mol. The van der Waals surface area contributed by atoms with E-state index in [2.05, 4.69) is 493 Å². The van der Waals surface area contributed by atoms with Gasteiger partial charge in [0.2, 0.25) is 0 Å². The monoisotopic (exact) mass is 1880 g/mol. The molecule has 672 valence electrons. The summed E-state index contributed by atoms with van der Waals surface area (Å²) in [6.07, 6.45) is 0. The van der Waals surface area contributed by atoms with Gasteiger partial charge in [-0.25, -0.2) is 24.2 Å². The molecule has 3 heterocycles. The summed E-state index contributed by atoms with van der Waals surface area (Å²) < 4.78 is 6.82. The Hall–Kier alpha value is -19.4. The summed E-state index contributed by atoms with van der Waals surface area (Å²) in [7, 11) is -8.85. The lowest BCUT2D eigenvalue weighted by molar-refractivity contribution is 1.18. The van der Waals surface area contributed by atoms with E-state index in [0.717, 1.165) is 93.5 Å². The quantitative estimate of drug-likeness (QED) is 0.0480. The Morgan fingerprint density at radius 2 is 0.458 bits per heavy atom. The minimum absolute atomic E-state index is 0.473. The van der Waals surface area contributed by atoms with Gasteiger partial charge in [0, 0.05) is 60.5 Å². The van der Waals surface area contributed by atoms with Gasteiger partial charge in [-0.15, -0.1) is 0 Å². The predicted molar refractivity (Wildman–Crippen MR) is 606 cm³/mol. The molecule has 0 aliphatic rings. The van der Waals surface area contributed by atoms with E-state index in [0.29, 0.717) is 39.6 Å². The van der Waals surface area contributed by atoms with Crippen LogP contribution in [0, 0.1) is 44.2 Å². The Balaban J connectivity index is 0.000000123. The summed E-state index contributed by atoms with van der Waals surface area (Å²) >= 11 is 0. The topological polar surface area (TPSA) is 60.4 Å². The van der Waals surface area contributed by atoms with Crippen molar-refractivity contribution in [1.29, 1.82) is 5.26 Å². The summed E-state index contributed by atoms with van der Waals surface area (Å²) in [5, 5.41) is 32.0. The molecule has 21 aromatic carbocycles. The Morgan fingerprint density at radius 3 is 0.764 bits per heavy atom. The second-order valence-corrected chi connectivity index (χ2v) is 47.1. The fourth-order valence-corrected chi connectivity index (χ4v) is 36.7. The first-order valence-electron chi connectivity index (χ1n) is 47.8. The van der Waals surface area contributed by atoms with Gasteiger partial charge in [-0.05, 0) is 159 Å². The van der Waals surface area contributed by atoms with Crippen LogP contribution in [0.5, 0.6) is 0 Å². The largest absolute Gasteiger partial charge is 0.311 e. The van der Waals surface area contributed by atoms with E-state index >= 15 is 0 Å². The van der Waals surface area contributed by atoms with Crippen molar-refractivity contribution in [1.82, 2.24) is 13.7 Å². The molecule has 0 unspecified atom stereocenters. The van der Waals surface area contributed by atoms with Crippen LogP contribution in [0.3, 0.4) is 0 Å². The van der Waals surface area contributed by atoms with Crippen LogP contribution in [0.1, 0.15) is 5.56 Å². The maximum Gasteiger partial charge on any atom is 0.196 e. The van der Waals surface area contributed by atoms with Crippen molar-refractivity contribution in [3.63, 3.8) is 0 Å². The van der Waals surface area contributed by atoms with Crippen molar-refractivity contribution in [2.24, 2.45) is 0 Å². The average molecular weight is 1880 g/mol. The van der Waals surface area contributed by atoms with E-state index in [1.54, 1.807) is 6.07 Å². The van der Waals surface area contributed by atoms with Crippen LogP contribution in [-0.2, 0) is 0 Å². The molecule has 9 nitrogen and oxygen atoms in total. The standard InChI is InChI=1S/3C44H29N3Si/c1-45-33-30-40(46-2)44(32-26-28-34(29-27-32)47-41-24-14-12-22-38(41)39-23-13-15-25-42(39)47)43(31-33)48(35-16-6-3-7-17-35,36-18-8-4-9-19-36)37-20-10-5-11-21-37;1-45-33-28-32(39-27-26-34(31-42(39)46-2)47-43-24-14-12-22-40(43)41-23-13-15-25-44(41)47)29-38(30-33)48(35-16-6-3-7-17-35,36-18-8-4-9-19-36)37-20-10-5-11-21-37;1-46-41-30-38(48(35-15-5-2-6-16-35,36-17-7-3-8-18-36)37-19-9-4-10-20-37)29-33(31-45)44(41)32-25-27-34(28-26-32)47-42-23-13-11-21-39(42)40-22-12-14-24-43(40)47/h2*3-31H;2-30H. The van der Waals surface area contributed by atoms with Crippen LogP contribution < -0.4 is 62.2 Å². The van der Waals surface area contributed by atoms with E-state index in [4.69, 9.17) is 32.9 Å². The molecule has 0 saturated carbocycles. The van der Waals surface area contributed by atoms with Gasteiger partial charge in [-0.1, -0.05) is 458 Å². The molecule has 0 fully saturated rings. The SMILES string of the molecule is [C-]#[N+]c1cc(-c2ccc(-n3c4ccccc4c4ccccc43)cc2[N+]#[C-])cc([Si](c2ccccc2)(c2ccccc2)c2ccccc2)c1.[C-]#[N+]c1cc([N+]#[C-])c(-c2ccc(-n3c4ccccc4c4ccccc43)cc2)c([Si](c2ccccc2)(c2ccccc2)c2ccccc2)c1.[C-]#[N+]c1cc([Si](c2ccccc2)(c2ccccc2)c2ccccc2)cc(C#N)c1-c1ccc(-n2c3ccccc3c3ccccc32)cc1. The zero-order chi connectivity index (χ0) is 97.5. The Kier molecular flexibility index (Phi) is 24.5. The zero-order valence-electron chi connectivity index (χ0n) is 78.3. The Morgan fingerprint density at radius 1 is 0.194 bits per heavy atom. The maximum atomic E-state index is 10.7. The molecule has 0 aliphatic heterocycles. The fraction of sp³-hybridized carbons (Fsp3) is 0. The van der Waals surface area contributed by atoms with E-state index in [9.17, 15) is 5.26 Å². The van der Waals surface area contributed by atoms with Crippen LogP contribution in [0.15, 0.2) is 528 Å². The highest BCUT2D eigenvalue weighted by Crippen LogP contribution is 2.43. The molecule has 24 rings (SSSR count). The minimum Gasteiger partial charge on any atom is -0.311 e. The lowest BCUT2D eigenvalue weighted by atomic mass is 9.98. The normalized spacial score (nSPS) is 11.3. The second-order valence-electron chi connectivity index (χ2n) is 35.7. The molecule has 0 N–H and O–H groups in total. The summed E-state index contributed by atoms with van der Waals surface area (Å²) in [6, 6.07) is 186. The van der Waals surface area contributed by atoms with Gasteiger partial charge in [0.25, 0.3) is 0 Å². The van der Waals surface area contributed by atoms with Gasteiger partial charge in [0.05, 0.1) is 72.0 Å². The predicted octanol–water partition coefficient (Wildman–Crippen LogP) is 26.1. The highest BCUT2D eigenvalue weighted by molar-refractivity contribution is 7.21. The van der Waals surface area contributed by atoms with Crippen molar-refractivity contribution in [2.45, 2.75) is 0 Å². The second kappa shape index (κ2) is 39.2. The third-order valence-corrected chi connectivity index (χ3v) is 42.4. The van der Waals surface area contributed by atoms with Crippen LogP contribution in [0.25, 0.3) is 140 Å². The van der Waals surface area contributed by atoms with Crippen molar-refractivity contribution in [2.75, 3.05) is 0 Å². The highest BCUT2D eigenvalue weighted by atomic mass is 28.3. The molecule has 0 atom stereocenters. The van der Waals surface area contributed by atoms with Crippen molar-refractivity contribution in [3.05, 3.63) is 590 Å². The minimum atomic E-state index is -3.05. The van der Waals surface area contributed by atoms with E-state index in [1.807, 2.05) is 72.8 Å². The summed E-state index contributed by atoms with van der Waals surface area (Å²) in [4.78, 5) is 20.1. The number of fused-ring (bicyclic) bond motifs is 9. The molecule has 0 aliphatic carbocycles. The van der Waals surface area contributed by atoms with Crippen molar-refractivity contribution >= 4 is 180 Å². The van der Waals surface area contributed by atoms with Crippen LogP contribution in [-0.4, -0.2) is 37.9 Å². The number of para-hydroxylation sites is 6. The summed E-state index contributed by atoms with van der Waals surface area (Å²) in [5.41, 5.74) is 17.9. The van der Waals surface area contributed by atoms with Gasteiger partial charge < -0.3 is 13.7 Å². The first-order chi connectivity index (χ1) is 71.2. The lowest BCUT2D eigenvalue weighted by Gasteiger charge is -2.36. The van der Waals surface area contributed by atoms with Crippen molar-refractivity contribution in [3.8, 4) is 56.5 Å². The Labute approximate surface area is 839 Å². The van der Waals surface area contributed by atoms with Gasteiger partial charge in [-0.2, -0.15) is 5.26 Å². The zero-order valence-corrected chi connectivity index (χ0v) is 81.3. The van der Waals surface area contributed by atoms with E-state index in [-0.39, 0.29) is 0 Å². The molecular formula is C132H87N9Si3. The van der Waals surface area contributed by atoms with Crippen LogP contribution in [0.4, 0.5) is 28.4 Å². The number of nitrogens with zero attached hydrogens (tertiary/aromatic N) is 9. The first kappa shape index (κ1) is 89.8. The number of aromatic nitrogens is 3. The van der Waals surface area contributed by atoms with Crippen LogP contribution in [0.2, 0.25) is 0 Å². The molecule has 12 heteroatoms. The molecule has 24 aromatic rings. The smallest absolute Gasteiger partial charge is 0.196 e. The molecule has 0 spiro atoms. The first-order valence-corrected chi connectivity index (χ1v) is 53.8. The van der Waals surface area contributed by atoms with E-state index in [1.165, 1.54) is 79.0 Å². The third kappa shape index (κ3) is 15.7. The van der Waals surface area contributed by atoms with E-state index < -0.39 is 24.2 Å². The molecule has 0 bridgehead atoms. The summed E-state index contributed by atoms with van der Waals surface area (Å²) in [6.45, 7) is 41.4. The number of benzene rings is 21. The number of hydrogen-bond acceptors (Lipinski definition) is 1. The van der Waals surface area contributed by atoms with Crippen molar-refractivity contribution < 1.29 is 0 Å². The number of hydrogen-bond donors (Lipinski definition) is 0. The molecule has 0 amide bonds. The number of nitriles is 1. The molecule has 3 aromatic heterocycles. The molecule has 0 radical (unpaired) electrons. The Bertz CT molecular complexity index is 8740. The van der Waals surface area contributed by atoms with Gasteiger partial charge in [0.15, 0.2) is 52.7 Å². The van der Waals surface area contributed by atoms with Gasteiger partial charge in [0.1, 0.15) is 0 Å². The maximum absolute atomic E-state index is 10.7. The number of rotatable bonds is 18. The third-order valence-electron chi connectivity index (χ3n) is 28.1. The van der Waals surface area contributed by atoms with Gasteiger partial charge in [-0.3, -0.25) is 0 Å². The lowest BCUT2D eigenvalue weighted by Crippen LogP contribution is -2.75. The molecule has 0 saturated heterocycles. The highest BCUT2D eigenvalue weighted by Gasteiger charge is 2.46. The molecule has 144 heavy (non-hydrogen) atoms.